The van der Waals surface area contributed by atoms with Crippen molar-refractivity contribution in [1.29, 1.82) is 0 Å². The molecule has 4 rings (SSSR count). The molecule has 2 aliphatic heterocycles. The summed E-state index contributed by atoms with van der Waals surface area (Å²) in [6, 6.07) is 11.6. The van der Waals surface area contributed by atoms with E-state index in [1.54, 1.807) is 36.4 Å². The fourth-order valence-corrected chi connectivity index (χ4v) is 6.29. The Morgan fingerprint density at radius 3 is 2.31 bits per heavy atom. The fraction of sp³-hybridized carbons (Fsp3) is 0.435. The predicted octanol–water partition coefficient (Wildman–Crippen LogP) is 4.82. The zero-order valence-corrected chi connectivity index (χ0v) is 21.5. The largest absolute Gasteiger partial charge is 0.379 e. The number of halogens is 2. The molecular weight excluding hydrogens is 514 g/mol. The molecule has 12 heteroatoms. The van der Waals surface area contributed by atoms with Crippen LogP contribution < -0.4 is 15.5 Å². The minimum absolute atomic E-state index is 0.193. The zero-order valence-electron chi connectivity index (χ0n) is 19.1. The second-order valence-electron chi connectivity index (χ2n) is 8.23. The summed E-state index contributed by atoms with van der Waals surface area (Å²) in [5, 5.41) is 6.49. The van der Waals surface area contributed by atoms with Gasteiger partial charge in [0.05, 0.1) is 29.5 Å². The van der Waals surface area contributed by atoms with Gasteiger partial charge in [0, 0.05) is 36.8 Å². The second-order valence-corrected chi connectivity index (χ2v) is 11.6. The molecule has 0 aliphatic carbocycles. The Morgan fingerprint density at radius 2 is 1.66 bits per heavy atom. The van der Waals surface area contributed by atoms with E-state index in [-0.39, 0.29) is 10.0 Å². The van der Waals surface area contributed by atoms with E-state index >= 15 is 0 Å². The Labute approximate surface area is 214 Å². The van der Waals surface area contributed by atoms with Gasteiger partial charge < -0.3 is 20.3 Å². The van der Waals surface area contributed by atoms with Crippen LogP contribution >= 0.6 is 24.0 Å². The molecule has 2 aromatic carbocycles. The first-order valence-corrected chi connectivity index (χ1v) is 14.2. The number of hydrogen-bond acceptors (Lipinski definition) is 6. The van der Waals surface area contributed by atoms with Crippen molar-refractivity contribution in [3.63, 3.8) is 0 Å². The Morgan fingerprint density at radius 1 is 0.971 bits per heavy atom. The molecule has 2 saturated heterocycles. The number of benzene rings is 2. The third-order valence-corrected chi connectivity index (χ3v) is 8.68. The van der Waals surface area contributed by atoms with Crippen molar-refractivity contribution in [3.8, 4) is 0 Å². The van der Waals surface area contributed by atoms with Crippen LogP contribution in [0.25, 0.3) is 0 Å². The number of thioether (sulfide) groups is 1. The van der Waals surface area contributed by atoms with Gasteiger partial charge in [-0.05, 0) is 73.9 Å². The van der Waals surface area contributed by atoms with Gasteiger partial charge in [-0.25, -0.2) is 8.42 Å². The number of ether oxygens (including phenoxy) is 1. The molecule has 2 fully saturated rings. The van der Waals surface area contributed by atoms with Crippen LogP contribution in [0.1, 0.15) is 19.3 Å². The number of sulfonamides is 1. The minimum Gasteiger partial charge on any atom is -0.379 e. The predicted molar refractivity (Wildman–Crippen MR) is 140 cm³/mol. The number of anilines is 3. The maximum absolute atomic E-state index is 13.2. The topological polar surface area (TPSA) is 73.9 Å². The number of nitrogens with one attached hydrogen (secondary N) is 2. The lowest BCUT2D eigenvalue weighted by Crippen LogP contribution is -2.40. The first-order valence-electron chi connectivity index (χ1n) is 11.4. The molecule has 2 N–H and O–H groups in total. The van der Waals surface area contributed by atoms with E-state index in [9.17, 15) is 17.2 Å². The first-order chi connectivity index (χ1) is 16.8. The molecule has 0 saturated carbocycles. The summed E-state index contributed by atoms with van der Waals surface area (Å²) in [5.74, 6) is -2.48. The van der Waals surface area contributed by atoms with E-state index in [1.807, 2.05) is 6.07 Å². The smallest absolute Gasteiger partial charge is 0.288 e. The highest BCUT2D eigenvalue weighted by Gasteiger charge is 2.28. The lowest BCUT2D eigenvalue weighted by molar-refractivity contribution is 0.0730. The molecule has 0 amide bonds. The van der Waals surface area contributed by atoms with Gasteiger partial charge in [-0.1, -0.05) is 11.8 Å². The Kier molecular flexibility index (Phi) is 8.82. The number of hydrogen-bond donors (Lipinski definition) is 2. The van der Waals surface area contributed by atoms with Crippen LogP contribution in [0.2, 0.25) is 0 Å². The molecule has 0 bridgehead atoms. The maximum Gasteiger partial charge on any atom is 0.288 e. The Balaban J connectivity index is 1.55. The van der Waals surface area contributed by atoms with Crippen molar-refractivity contribution < 1.29 is 21.9 Å². The standard InChI is InChI=1S/C23H28F2N4O3S3/c24-22(25)34-18-6-4-17(5-7-18)26-23(33)27-20-16-19(35(30,31)29-12-14-32-15-13-29)8-9-21(20)28-10-2-1-3-11-28/h4-9,16,22H,1-3,10-15H2,(H2,26,27,33). The maximum atomic E-state index is 13.2. The van der Waals surface area contributed by atoms with Gasteiger partial charge in [0.1, 0.15) is 0 Å². The molecule has 0 radical (unpaired) electrons. The lowest BCUT2D eigenvalue weighted by Gasteiger charge is -2.31. The van der Waals surface area contributed by atoms with Crippen LogP contribution in [0.15, 0.2) is 52.3 Å². The molecule has 0 atom stereocenters. The van der Waals surface area contributed by atoms with Gasteiger partial charge in [-0.2, -0.15) is 13.1 Å². The molecule has 2 aliphatic rings. The number of piperidine rings is 1. The zero-order chi connectivity index (χ0) is 24.8. The number of rotatable bonds is 7. The summed E-state index contributed by atoms with van der Waals surface area (Å²) in [4.78, 5) is 2.88. The summed E-state index contributed by atoms with van der Waals surface area (Å²) in [5.41, 5.74) is 2.12. The van der Waals surface area contributed by atoms with Crippen molar-refractivity contribution in [2.24, 2.45) is 0 Å². The summed E-state index contributed by atoms with van der Waals surface area (Å²) >= 11 is 5.98. The van der Waals surface area contributed by atoms with Crippen LogP contribution in [-0.2, 0) is 14.8 Å². The summed E-state index contributed by atoms with van der Waals surface area (Å²) < 4.78 is 58.3. The van der Waals surface area contributed by atoms with E-state index in [0.717, 1.165) is 31.6 Å². The van der Waals surface area contributed by atoms with Crippen molar-refractivity contribution in [3.05, 3.63) is 42.5 Å². The third-order valence-electron chi connectivity index (χ3n) is 5.86. The summed E-state index contributed by atoms with van der Waals surface area (Å²) in [6.45, 7) is 3.15. The molecule has 0 spiro atoms. The normalized spacial score (nSPS) is 17.4. The molecule has 0 unspecified atom stereocenters. The van der Waals surface area contributed by atoms with Crippen molar-refractivity contribution in [2.75, 3.05) is 54.9 Å². The van der Waals surface area contributed by atoms with Gasteiger partial charge in [0.15, 0.2) is 5.11 Å². The SMILES string of the molecule is O=S(=O)(c1ccc(N2CCCCC2)c(NC(=S)Nc2ccc(SC(F)F)cc2)c1)N1CCOCC1. The summed E-state index contributed by atoms with van der Waals surface area (Å²) in [6.07, 6.45) is 3.31. The third kappa shape index (κ3) is 6.82. The molecular formula is C23H28F2N4O3S3. The van der Waals surface area contributed by atoms with E-state index in [2.05, 4.69) is 15.5 Å². The van der Waals surface area contributed by atoms with E-state index < -0.39 is 15.8 Å². The lowest BCUT2D eigenvalue weighted by atomic mass is 10.1. The Hall–Kier alpha value is -1.99. The highest BCUT2D eigenvalue weighted by atomic mass is 32.2. The molecule has 2 aromatic rings. The van der Waals surface area contributed by atoms with Crippen LogP contribution in [0.3, 0.4) is 0 Å². The highest BCUT2D eigenvalue weighted by molar-refractivity contribution is 7.99. The van der Waals surface area contributed by atoms with Gasteiger partial charge >= 0.3 is 0 Å². The second kappa shape index (κ2) is 11.8. The fourth-order valence-electron chi connectivity index (χ4n) is 4.13. The van der Waals surface area contributed by atoms with E-state index in [1.165, 1.54) is 10.7 Å². The monoisotopic (exact) mass is 542 g/mol. The number of alkyl halides is 2. The number of nitrogens with zero attached hydrogens (tertiary/aromatic N) is 2. The molecule has 2 heterocycles. The van der Waals surface area contributed by atoms with Gasteiger partial charge in [-0.3, -0.25) is 0 Å². The minimum atomic E-state index is -3.67. The molecule has 190 valence electrons. The van der Waals surface area contributed by atoms with Crippen molar-refractivity contribution in [2.45, 2.75) is 34.8 Å². The van der Waals surface area contributed by atoms with Crippen molar-refractivity contribution >= 4 is 56.2 Å². The molecule has 7 nitrogen and oxygen atoms in total. The van der Waals surface area contributed by atoms with E-state index in [4.69, 9.17) is 17.0 Å². The average Bonchev–Trinajstić information content (AvgIpc) is 2.86. The van der Waals surface area contributed by atoms with Gasteiger partial charge in [-0.15, -0.1) is 0 Å². The summed E-state index contributed by atoms with van der Waals surface area (Å²) in [7, 11) is -3.67. The Bertz CT molecular complexity index is 1120. The number of thiocarbonyl (C=S) groups is 1. The molecule has 35 heavy (non-hydrogen) atoms. The van der Waals surface area contributed by atoms with Crippen molar-refractivity contribution in [1.82, 2.24) is 4.31 Å². The quantitative estimate of drug-likeness (QED) is 0.381. The highest BCUT2D eigenvalue weighted by Crippen LogP contribution is 2.33. The van der Waals surface area contributed by atoms with Crippen LogP contribution in [-0.4, -0.2) is 63.0 Å². The number of morpholine rings is 1. The van der Waals surface area contributed by atoms with Gasteiger partial charge in [0.25, 0.3) is 5.76 Å². The van der Waals surface area contributed by atoms with Crippen LogP contribution in [0.4, 0.5) is 25.8 Å². The molecule has 0 aromatic heterocycles. The van der Waals surface area contributed by atoms with Crippen LogP contribution in [0, 0.1) is 0 Å². The average molecular weight is 543 g/mol. The van der Waals surface area contributed by atoms with E-state index in [0.29, 0.717) is 54.3 Å². The first kappa shape index (κ1) is 26.1. The van der Waals surface area contributed by atoms with Gasteiger partial charge in [0.2, 0.25) is 10.0 Å². The van der Waals surface area contributed by atoms with Crippen LogP contribution in [0.5, 0.6) is 0 Å².